The molecule has 1 aromatic heterocycles. The van der Waals surface area contributed by atoms with Crippen LogP contribution >= 0.6 is 0 Å². The smallest absolute Gasteiger partial charge is 0.139 e. The van der Waals surface area contributed by atoms with E-state index in [1.807, 2.05) is 18.2 Å². The molecule has 120 valence electrons. The van der Waals surface area contributed by atoms with Crippen LogP contribution in [0.4, 0.5) is 0 Å². The average Bonchev–Trinajstić information content (AvgIpc) is 2.90. The second-order valence-electron chi connectivity index (χ2n) is 6.28. The number of rotatable bonds is 5. The van der Waals surface area contributed by atoms with Crippen molar-refractivity contribution in [3.05, 3.63) is 65.0 Å². The average molecular weight is 308 g/mol. The van der Waals surface area contributed by atoms with Crippen molar-refractivity contribution in [2.45, 2.75) is 46.3 Å². The molecule has 2 aromatic carbocycles. The molecule has 0 amide bonds. The Balaban J connectivity index is 2.10. The van der Waals surface area contributed by atoms with Crippen LogP contribution in [0.1, 0.15) is 48.4 Å². The maximum absolute atomic E-state index is 10.5. The van der Waals surface area contributed by atoms with Gasteiger partial charge in [0.15, 0.2) is 0 Å². The van der Waals surface area contributed by atoms with E-state index >= 15 is 0 Å². The summed E-state index contributed by atoms with van der Waals surface area (Å²) in [5.41, 5.74) is 5.83. The lowest BCUT2D eigenvalue weighted by atomic mass is 10.1. The molecule has 3 rings (SSSR count). The molecule has 0 saturated heterocycles. The van der Waals surface area contributed by atoms with Crippen LogP contribution in [0, 0.1) is 13.8 Å². The second kappa shape index (κ2) is 6.55. The number of hydrogen-bond donors (Lipinski definition) is 1. The number of aryl methyl sites for hydroxylation is 2. The van der Waals surface area contributed by atoms with Crippen molar-refractivity contribution in [2.75, 3.05) is 0 Å². The van der Waals surface area contributed by atoms with Crippen molar-refractivity contribution in [2.24, 2.45) is 0 Å². The van der Waals surface area contributed by atoms with Crippen LogP contribution in [0.2, 0.25) is 0 Å². The fourth-order valence-electron chi connectivity index (χ4n) is 3.06. The van der Waals surface area contributed by atoms with E-state index in [9.17, 15) is 5.11 Å². The lowest BCUT2D eigenvalue weighted by Crippen LogP contribution is -2.11. The maximum Gasteiger partial charge on any atom is 0.139 e. The van der Waals surface area contributed by atoms with Gasteiger partial charge in [-0.3, -0.25) is 0 Å². The summed E-state index contributed by atoms with van der Waals surface area (Å²) in [6.07, 6.45) is 1.15. The maximum atomic E-state index is 10.5. The largest absolute Gasteiger partial charge is 0.385 e. The summed E-state index contributed by atoms with van der Waals surface area (Å²) in [6, 6.07) is 14.6. The van der Waals surface area contributed by atoms with Crippen molar-refractivity contribution in [1.29, 1.82) is 0 Å². The first-order chi connectivity index (χ1) is 11.1. The topological polar surface area (TPSA) is 38.1 Å². The zero-order valence-corrected chi connectivity index (χ0v) is 14.1. The highest BCUT2D eigenvalue weighted by Crippen LogP contribution is 2.25. The molecule has 0 aliphatic carbocycles. The third-order valence-electron chi connectivity index (χ3n) is 4.38. The van der Waals surface area contributed by atoms with Crippen molar-refractivity contribution >= 4 is 11.0 Å². The predicted octanol–water partition coefficient (Wildman–Crippen LogP) is 4.53. The van der Waals surface area contributed by atoms with Crippen LogP contribution < -0.4 is 0 Å². The molecule has 1 atom stereocenters. The highest BCUT2D eigenvalue weighted by Gasteiger charge is 2.18. The lowest BCUT2D eigenvalue weighted by molar-refractivity contribution is 0.153. The molecule has 0 saturated carbocycles. The number of para-hydroxylation sites is 2. The molecule has 1 heterocycles. The fraction of sp³-hybridized carbons (Fsp3) is 0.350. The molecule has 0 spiro atoms. The zero-order valence-electron chi connectivity index (χ0n) is 14.1. The van der Waals surface area contributed by atoms with Crippen molar-refractivity contribution in [3.63, 3.8) is 0 Å². The summed E-state index contributed by atoms with van der Waals surface area (Å²) in [4.78, 5) is 4.69. The highest BCUT2D eigenvalue weighted by atomic mass is 16.3. The summed E-state index contributed by atoms with van der Waals surface area (Å²) in [6.45, 7) is 7.07. The van der Waals surface area contributed by atoms with Gasteiger partial charge in [0.1, 0.15) is 11.9 Å². The number of hydrogen-bond acceptors (Lipinski definition) is 2. The van der Waals surface area contributed by atoms with Gasteiger partial charge in [-0.05, 0) is 43.5 Å². The van der Waals surface area contributed by atoms with Gasteiger partial charge >= 0.3 is 0 Å². The second-order valence-corrected chi connectivity index (χ2v) is 6.28. The van der Waals surface area contributed by atoms with Gasteiger partial charge in [-0.25, -0.2) is 4.98 Å². The van der Waals surface area contributed by atoms with Crippen LogP contribution in [-0.4, -0.2) is 14.7 Å². The van der Waals surface area contributed by atoms with E-state index in [0.717, 1.165) is 36.2 Å². The fourth-order valence-corrected chi connectivity index (χ4v) is 3.06. The zero-order chi connectivity index (χ0) is 16.4. The van der Waals surface area contributed by atoms with Crippen LogP contribution in [0.3, 0.4) is 0 Å². The van der Waals surface area contributed by atoms with Crippen LogP contribution in [0.25, 0.3) is 11.0 Å². The van der Waals surface area contributed by atoms with Gasteiger partial charge in [0.2, 0.25) is 0 Å². The normalized spacial score (nSPS) is 12.7. The molecule has 0 unspecified atom stereocenters. The molecule has 3 aromatic rings. The minimum atomic E-state index is -0.516. The lowest BCUT2D eigenvalue weighted by Gasteiger charge is -2.15. The summed E-state index contributed by atoms with van der Waals surface area (Å²) in [5, 5.41) is 10.5. The number of aromatic nitrogens is 2. The van der Waals surface area contributed by atoms with Gasteiger partial charge in [-0.2, -0.15) is 0 Å². The molecule has 0 radical (unpaired) electrons. The Morgan fingerprint density at radius 1 is 1.13 bits per heavy atom. The Morgan fingerprint density at radius 3 is 2.70 bits per heavy atom. The van der Waals surface area contributed by atoms with Crippen LogP contribution in [0.5, 0.6) is 0 Å². The molecule has 0 aliphatic rings. The Kier molecular flexibility index (Phi) is 4.49. The van der Waals surface area contributed by atoms with Crippen LogP contribution in [-0.2, 0) is 6.54 Å². The molecule has 23 heavy (non-hydrogen) atoms. The van der Waals surface area contributed by atoms with Gasteiger partial charge in [0.25, 0.3) is 0 Å². The number of aliphatic hydroxyl groups is 1. The van der Waals surface area contributed by atoms with Crippen molar-refractivity contribution in [3.8, 4) is 0 Å². The van der Waals surface area contributed by atoms with Gasteiger partial charge in [-0.1, -0.05) is 49.2 Å². The molecule has 0 bridgehead atoms. The van der Waals surface area contributed by atoms with Gasteiger partial charge in [0.05, 0.1) is 11.0 Å². The number of fused-ring (bicyclic) bond motifs is 1. The van der Waals surface area contributed by atoms with Crippen LogP contribution in [0.15, 0.2) is 42.5 Å². The third kappa shape index (κ3) is 3.15. The molecule has 0 fully saturated rings. The number of benzene rings is 2. The van der Waals surface area contributed by atoms with Gasteiger partial charge in [-0.15, -0.1) is 0 Å². The van der Waals surface area contributed by atoms with Crippen molar-refractivity contribution < 1.29 is 5.11 Å². The van der Waals surface area contributed by atoms with E-state index in [1.165, 1.54) is 16.7 Å². The summed E-state index contributed by atoms with van der Waals surface area (Å²) in [5.74, 6) is 0.772. The van der Waals surface area contributed by atoms with E-state index in [4.69, 9.17) is 4.98 Å². The molecule has 3 heteroatoms. The Morgan fingerprint density at radius 2 is 1.91 bits per heavy atom. The summed E-state index contributed by atoms with van der Waals surface area (Å²) >= 11 is 0. The summed E-state index contributed by atoms with van der Waals surface area (Å²) < 4.78 is 2.16. The minimum absolute atomic E-state index is 0.516. The first-order valence-electron chi connectivity index (χ1n) is 8.29. The van der Waals surface area contributed by atoms with E-state index < -0.39 is 6.10 Å². The molecular weight excluding hydrogens is 284 g/mol. The van der Waals surface area contributed by atoms with E-state index in [1.54, 1.807) is 0 Å². The molecular formula is C20H24N2O. The first kappa shape index (κ1) is 15.8. The third-order valence-corrected chi connectivity index (χ3v) is 4.38. The standard InChI is InChI=1S/C20H24N2O/c1-4-7-19(23)20-21-17-8-5-6-9-18(17)22(20)13-16-12-14(2)10-11-15(16)3/h5-6,8-12,19,23H,4,7,13H2,1-3H3/t19-/m1/s1. The predicted molar refractivity (Wildman–Crippen MR) is 94.6 cm³/mol. The molecule has 3 nitrogen and oxygen atoms in total. The molecule has 1 N–H and O–H groups in total. The minimum Gasteiger partial charge on any atom is -0.385 e. The quantitative estimate of drug-likeness (QED) is 0.751. The first-order valence-corrected chi connectivity index (χ1v) is 8.29. The number of imidazole rings is 1. The number of nitrogens with zero attached hydrogens (tertiary/aromatic N) is 2. The monoisotopic (exact) mass is 308 g/mol. The van der Waals surface area contributed by atoms with E-state index in [2.05, 4.69) is 49.6 Å². The Labute approximate surface area is 137 Å². The van der Waals surface area contributed by atoms with Crippen molar-refractivity contribution in [1.82, 2.24) is 9.55 Å². The van der Waals surface area contributed by atoms with E-state index in [0.29, 0.717) is 0 Å². The molecule has 0 aliphatic heterocycles. The Hall–Kier alpha value is -2.13. The Bertz CT molecular complexity index is 820. The SMILES string of the molecule is CCC[C@@H](O)c1nc2ccccc2n1Cc1cc(C)ccc1C. The van der Waals surface area contributed by atoms with Gasteiger partial charge < -0.3 is 9.67 Å². The van der Waals surface area contributed by atoms with E-state index in [-0.39, 0.29) is 0 Å². The number of aliphatic hydroxyl groups excluding tert-OH is 1. The highest BCUT2D eigenvalue weighted by molar-refractivity contribution is 5.76. The van der Waals surface area contributed by atoms with Gasteiger partial charge in [0, 0.05) is 6.54 Å². The summed E-state index contributed by atoms with van der Waals surface area (Å²) in [7, 11) is 0.